The number of rotatable bonds is 8. The molecule has 0 atom stereocenters. The van der Waals surface area contributed by atoms with Gasteiger partial charge in [-0.25, -0.2) is 9.97 Å². The number of hydrogen-bond acceptors (Lipinski definition) is 4. The van der Waals surface area contributed by atoms with Crippen LogP contribution in [0.3, 0.4) is 0 Å². The maximum atomic E-state index is 5.26. The van der Waals surface area contributed by atoms with E-state index in [2.05, 4.69) is 31.7 Å². The minimum Gasteiger partial charge on any atom is -0.385 e. The van der Waals surface area contributed by atoms with Crippen LogP contribution < -0.4 is 10.6 Å². The summed E-state index contributed by atoms with van der Waals surface area (Å²) in [7, 11) is 3.57. The van der Waals surface area contributed by atoms with Gasteiger partial charge in [-0.05, 0) is 36.3 Å². The molecule has 1 fully saturated rings. The Bertz CT molecular complexity index is 691. The van der Waals surface area contributed by atoms with Crippen LogP contribution in [-0.2, 0) is 11.3 Å². The summed E-state index contributed by atoms with van der Waals surface area (Å²) in [6.07, 6.45) is 12.2. The lowest BCUT2D eigenvalue weighted by atomic mass is 9.67. The summed E-state index contributed by atoms with van der Waals surface area (Å²) < 4.78 is 7.15. The second-order valence-corrected chi connectivity index (χ2v) is 6.87. The van der Waals surface area contributed by atoms with Crippen molar-refractivity contribution in [3.05, 3.63) is 42.6 Å². The lowest BCUT2D eigenvalue weighted by Crippen LogP contribution is -2.46. The van der Waals surface area contributed by atoms with Crippen LogP contribution in [0.4, 0.5) is 0 Å². The van der Waals surface area contributed by atoms with Crippen molar-refractivity contribution in [3.63, 3.8) is 0 Å². The predicted octanol–water partition coefficient (Wildman–Crippen LogP) is 2.14. The first kappa shape index (κ1) is 18.4. The van der Waals surface area contributed by atoms with Gasteiger partial charge in [0.25, 0.3) is 0 Å². The van der Waals surface area contributed by atoms with Crippen molar-refractivity contribution in [1.82, 2.24) is 25.2 Å². The summed E-state index contributed by atoms with van der Waals surface area (Å²) in [4.78, 5) is 12.8. The minimum atomic E-state index is 0.363. The first-order valence-electron chi connectivity index (χ1n) is 9.11. The molecule has 0 amide bonds. The summed E-state index contributed by atoms with van der Waals surface area (Å²) in [5, 5.41) is 6.84. The molecule has 0 bridgehead atoms. The molecule has 2 aromatic heterocycles. The average molecular weight is 356 g/mol. The molecule has 3 rings (SSSR count). The Kier molecular flexibility index (Phi) is 6.22. The number of methoxy groups -OCH3 is 1. The van der Waals surface area contributed by atoms with Crippen LogP contribution in [0.15, 0.2) is 42.0 Å². The zero-order valence-corrected chi connectivity index (χ0v) is 15.6. The molecular weight excluding hydrogens is 328 g/mol. The zero-order chi connectivity index (χ0) is 18.2. The predicted molar refractivity (Wildman–Crippen MR) is 102 cm³/mol. The molecule has 1 aliphatic rings. The number of aliphatic imine (C=N–C) groups is 1. The summed E-state index contributed by atoms with van der Waals surface area (Å²) in [6.45, 7) is 2.44. The van der Waals surface area contributed by atoms with Gasteiger partial charge in [-0.15, -0.1) is 0 Å². The Balaban J connectivity index is 1.48. The molecule has 140 valence electrons. The van der Waals surface area contributed by atoms with Gasteiger partial charge in [0, 0.05) is 52.4 Å². The number of nitrogens with zero attached hydrogens (tertiary/aromatic N) is 4. The van der Waals surface area contributed by atoms with Crippen molar-refractivity contribution < 1.29 is 4.74 Å². The number of hydrogen-bond donors (Lipinski definition) is 2. The quantitative estimate of drug-likeness (QED) is 0.560. The third-order valence-electron chi connectivity index (χ3n) is 5.14. The molecule has 2 heterocycles. The van der Waals surface area contributed by atoms with Crippen LogP contribution in [0.25, 0.3) is 5.82 Å². The Morgan fingerprint density at radius 2 is 2.23 bits per heavy atom. The SMILES string of the molecule is CN=C(NCc1ccc(-n2ccnc2)nc1)NCC1(CCOC)CCC1. The lowest BCUT2D eigenvalue weighted by Gasteiger charge is -2.42. The van der Waals surface area contributed by atoms with Crippen LogP contribution in [0, 0.1) is 5.41 Å². The average Bonchev–Trinajstić information content (AvgIpc) is 3.18. The highest BCUT2D eigenvalue weighted by Gasteiger charge is 2.36. The number of pyridine rings is 1. The number of ether oxygens (including phenoxy) is 1. The first-order chi connectivity index (χ1) is 12.7. The number of guanidine groups is 1. The van der Waals surface area contributed by atoms with Crippen LogP contribution in [-0.4, -0.2) is 47.8 Å². The monoisotopic (exact) mass is 356 g/mol. The van der Waals surface area contributed by atoms with Crippen molar-refractivity contribution in [1.29, 1.82) is 0 Å². The summed E-state index contributed by atoms with van der Waals surface area (Å²) >= 11 is 0. The van der Waals surface area contributed by atoms with Gasteiger partial charge in [-0.2, -0.15) is 0 Å². The van der Waals surface area contributed by atoms with Crippen LogP contribution >= 0.6 is 0 Å². The van der Waals surface area contributed by atoms with Crippen molar-refractivity contribution in [2.45, 2.75) is 32.2 Å². The van der Waals surface area contributed by atoms with Gasteiger partial charge in [0.2, 0.25) is 0 Å². The molecule has 0 aromatic carbocycles. The normalized spacial score (nSPS) is 16.2. The van der Waals surface area contributed by atoms with Crippen molar-refractivity contribution >= 4 is 5.96 Å². The summed E-state index contributed by atoms with van der Waals surface area (Å²) in [6, 6.07) is 4.05. The maximum Gasteiger partial charge on any atom is 0.191 e. The molecular formula is C19H28N6O. The van der Waals surface area contributed by atoms with E-state index in [-0.39, 0.29) is 0 Å². The van der Waals surface area contributed by atoms with E-state index in [0.717, 1.165) is 36.9 Å². The van der Waals surface area contributed by atoms with E-state index in [4.69, 9.17) is 4.74 Å². The smallest absolute Gasteiger partial charge is 0.191 e. The second kappa shape index (κ2) is 8.80. The van der Waals surface area contributed by atoms with E-state index in [1.165, 1.54) is 19.3 Å². The minimum absolute atomic E-state index is 0.363. The molecule has 7 nitrogen and oxygen atoms in total. The topological polar surface area (TPSA) is 76.4 Å². The van der Waals surface area contributed by atoms with Crippen LogP contribution in [0.1, 0.15) is 31.2 Å². The molecule has 0 aliphatic heterocycles. The standard InChI is InChI=1S/C19H28N6O/c1-20-18(24-14-19(6-3-7-19)8-11-26-2)23-13-16-4-5-17(22-12-16)25-10-9-21-15-25/h4-5,9-10,12,15H,3,6-8,11,13-14H2,1-2H3,(H2,20,23,24). The molecule has 26 heavy (non-hydrogen) atoms. The highest BCUT2D eigenvalue weighted by molar-refractivity contribution is 5.79. The van der Waals surface area contributed by atoms with Gasteiger partial charge >= 0.3 is 0 Å². The van der Waals surface area contributed by atoms with Crippen molar-refractivity contribution in [2.24, 2.45) is 10.4 Å². The molecule has 0 radical (unpaired) electrons. The molecule has 1 saturated carbocycles. The van der Waals surface area contributed by atoms with E-state index in [1.807, 2.05) is 23.0 Å². The molecule has 0 spiro atoms. The molecule has 0 unspecified atom stereocenters. The van der Waals surface area contributed by atoms with Crippen molar-refractivity contribution in [3.8, 4) is 5.82 Å². The fraction of sp³-hybridized carbons (Fsp3) is 0.526. The van der Waals surface area contributed by atoms with Crippen LogP contribution in [0.2, 0.25) is 0 Å². The zero-order valence-electron chi connectivity index (χ0n) is 15.6. The van der Waals surface area contributed by atoms with Crippen LogP contribution in [0.5, 0.6) is 0 Å². The second-order valence-electron chi connectivity index (χ2n) is 6.87. The molecule has 2 N–H and O–H groups in total. The van der Waals surface area contributed by atoms with E-state index in [1.54, 1.807) is 26.7 Å². The lowest BCUT2D eigenvalue weighted by molar-refractivity contribution is 0.0732. The molecule has 1 aliphatic carbocycles. The fourth-order valence-electron chi connectivity index (χ4n) is 3.26. The van der Waals surface area contributed by atoms with Crippen molar-refractivity contribution in [2.75, 3.05) is 27.3 Å². The summed E-state index contributed by atoms with van der Waals surface area (Å²) in [5.74, 6) is 1.69. The van der Waals surface area contributed by atoms with Gasteiger partial charge < -0.3 is 15.4 Å². The largest absolute Gasteiger partial charge is 0.385 e. The van der Waals surface area contributed by atoms with E-state index >= 15 is 0 Å². The Hall–Kier alpha value is -2.41. The van der Waals surface area contributed by atoms with E-state index < -0.39 is 0 Å². The van der Waals surface area contributed by atoms with Gasteiger partial charge in [-0.1, -0.05) is 12.5 Å². The Labute approximate surface area is 154 Å². The third kappa shape index (κ3) is 4.60. The van der Waals surface area contributed by atoms with Gasteiger partial charge in [0.05, 0.1) is 0 Å². The Morgan fingerprint density at radius 3 is 2.81 bits per heavy atom. The molecule has 7 heteroatoms. The number of nitrogens with one attached hydrogen (secondary N) is 2. The Morgan fingerprint density at radius 1 is 1.35 bits per heavy atom. The highest BCUT2D eigenvalue weighted by atomic mass is 16.5. The van der Waals surface area contributed by atoms with Gasteiger partial charge in [-0.3, -0.25) is 9.56 Å². The van der Waals surface area contributed by atoms with E-state index in [9.17, 15) is 0 Å². The van der Waals surface area contributed by atoms with E-state index in [0.29, 0.717) is 12.0 Å². The number of imidazole rings is 1. The third-order valence-corrected chi connectivity index (χ3v) is 5.14. The summed E-state index contributed by atoms with van der Waals surface area (Å²) in [5.41, 5.74) is 1.47. The highest BCUT2D eigenvalue weighted by Crippen LogP contribution is 2.43. The maximum absolute atomic E-state index is 5.26. The molecule has 0 saturated heterocycles. The van der Waals surface area contributed by atoms with Gasteiger partial charge in [0.1, 0.15) is 12.1 Å². The first-order valence-corrected chi connectivity index (χ1v) is 9.11. The van der Waals surface area contributed by atoms with Gasteiger partial charge in [0.15, 0.2) is 5.96 Å². The molecule has 2 aromatic rings. The number of aromatic nitrogens is 3. The fourth-order valence-corrected chi connectivity index (χ4v) is 3.26.